The maximum atomic E-state index is 12.5. The van der Waals surface area contributed by atoms with Crippen molar-refractivity contribution in [1.82, 2.24) is 9.97 Å². The molecule has 2 rings (SSSR count). The number of nitrogens with zero attached hydrogens (tertiary/aromatic N) is 3. The number of hydrogen-bond acceptors (Lipinski definition) is 5. The van der Waals surface area contributed by atoms with Crippen LogP contribution in [0.5, 0.6) is 0 Å². The van der Waals surface area contributed by atoms with Gasteiger partial charge in [-0.1, -0.05) is 0 Å². The lowest BCUT2D eigenvalue weighted by Crippen LogP contribution is -2.32. The highest BCUT2D eigenvalue weighted by Gasteiger charge is 2.26. The molecule has 0 radical (unpaired) electrons. The van der Waals surface area contributed by atoms with Gasteiger partial charge in [-0.2, -0.15) is 8.42 Å². The van der Waals surface area contributed by atoms with Crippen LogP contribution in [-0.4, -0.2) is 24.9 Å². The SMILES string of the molecule is CCN(c1ccncc1)S(=O)(=O)c1ncccc1N. The van der Waals surface area contributed by atoms with Crippen molar-refractivity contribution < 1.29 is 8.42 Å². The number of pyridine rings is 2. The average molecular weight is 278 g/mol. The third-order valence-electron chi connectivity index (χ3n) is 2.57. The van der Waals surface area contributed by atoms with Crippen LogP contribution in [0.25, 0.3) is 0 Å². The summed E-state index contributed by atoms with van der Waals surface area (Å²) in [5.74, 6) is 0. The van der Waals surface area contributed by atoms with Crippen LogP contribution in [0.4, 0.5) is 11.4 Å². The second kappa shape index (κ2) is 5.23. The predicted octanol–water partition coefficient (Wildman–Crippen LogP) is 1.27. The van der Waals surface area contributed by atoms with E-state index in [9.17, 15) is 8.42 Å². The molecule has 0 aliphatic heterocycles. The molecule has 0 amide bonds. The van der Waals surface area contributed by atoms with E-state index in [4.69, 9.17) is 5.73 Å². The van der Waals surface area contributed by atoms with Crippen LogP contribution in [0.1, 0.15) is 6.92 Å². The number of anilines is 2. The Morgan fingerprint density at radius 3 is 2.47 bits per heavy atom. The van der Waals surface area contributed by atoms with Crippen molar-refractivity contribution in [2.75, 3.05) is 16.6 Å². The lowest BCUT2D eigenvalue weighted by molar-refractivity contribution is 0.588. The van der Waals surface area contributed by atoms with Gasteiger partial charge in [-0.05, 0) is 31.2 Å². The number of aromatic nitrogens is 2. The first-order valence-corrected chi connectivity index (χ1v) is 7.14. The minimum absolute atomic E-state index is 0.131. The first-order chi connectivity index (χ1) is 9.07. The van der Waals surface area contributed by atoms with Crippen molar-refractivity contribution >= 4 is 21.4 Å². The molecule has 2 aromatic heterocycles. The lowest BCUT2D eigenvalue weighted by atomic mass is 10.4. The zero-order chi connectivity index (χ0) is 13.9. The fraction of sp³-hybridized carbons (Fsp3) is 0.167. The van der Waals surface area contributed by atoms with Crippen LogP contribution in [0.15, 0.2) is 47.9 Å². The molecule has 6 nitrogen and oxygen atoms in total. The molecular weight excluding hydrogens is 264 g/mol. The molecule has 2 aromatic rings. The first-order valence-electron chi connectivity index (χ1n) is 5.70. The van der Waals surface area contributed by atoms with Gasteiger partial charge in [-0.15, -0.1) is 0 Å². The van der Waals surface area contributed by atoms with Gasteiger partial charge in [-0.3, -0.25) is 9.29 Å². The topological polar surface area (TPSA) is 89.2 Å². The second-order valence-electron chi connectivity index (χ2n) is 3.77. The summed E-state index contributed by atoms with van der Waals surface area (Å²) in [7, 11) is -3.77. The highest BCUT2D eigenvalue weighted by atomic mass is 32.2. The summed E-state index contributed by atoms with van der Waals surface area (Å²) in [4.78, 5) is 7.75. The number of rotatable bonds is 4. The van der Waals surface area contributed by atoms with Crippen LogP contribution in [0.2, 0.25) is 0 Å². The van der Waals surface area contributed by atoms with Gasteiger partial charge in [0.2, 0.25) is 0 Å². The van der Waals surface area contributed by atoms with E-state index in [1.807, 2.05) is 0 Å². The molecule has 0 bridgehead atoms. The molecule has 100 valence electrons. The Labute approximate surface area is 112 Å². The van der Waals surface area contributed by atoms with Crippen LogP contribution in [-0.2, 0) is 10.0 Å². The molecule has 0 unspecified atom stereocenters. The molecule has 0 spiro atoms. The molecular formula is C12H14N4O2S. The Hall–Kier alpha value is -2.15. The average Bonchev–Trinajstić information content (AvgIpc) is 2.40. The number of hydrogen-bond donors (Lipinski definition) is 1. The second-order valence-corrected chi connectivity index (χ2v) is 5.55. The quantitative estimate of drug-likeness (QED) is 0.909. The maximum Gasteiger partial charge on any atom is 0.283 e. The van der Waals surface area contributed by atoms with E-state index in [1.165, 1.54) is 29.0 Å². The standard InChI is InChI=1S/C12H14N4O2S/c1-2-16(10-5-8-14-9-6-10)19(17,18)12-11(13)4-3-7-15-12/h3-9H,2,13H2,1H3. The minimum Gasteiger partial charge on any atom is -0.396 e. The highest BCUT2D eigenvalue weighted by molar-refractivity contribution is 7.92. The molecule has 0 aromatic carbocycles. The predicted molar refractivity (Wildman–Crippen MR) is 73.1 cm³/mol. The van der Waals surface area contributed by atoms with E-state index in [0.29, 0.717) is 5.69 Å². The van der Waals surface area contributed by atoms with Gasteiger partial charge in [0.25, 0.3) is 10.0 Å². The summed E-state index contributed by atoms with van der Waals surface area (Å²) in [6.45, 7) is 2.03. The molecule has 19 heavy (non-hydrogen) atoms. The number of sulfonamides is 1. The van der Waals surface area contributed by atoms with Gasteiger partial charge in [0, 0.05) is 25.1 Å². The summed E-state index contributed by atoms with van der Waals surface area (Å²) in [5, 5.41) is -0.131. The van der Waals surface area contributed by atoms with Crippen molar-refractivity contribution in [3.8, 4) is 0 Å². The monoisotopic (exact) mass is 278 g/mol. The molecule has 0 aliphatic rings. The zero-order valence-corrected chi connectivity index (χ0v) is 11.2. The van der Waals surface area contributed by atoms with Crippen molar-refractivity contribution in [3.05, 3.63) is 42.9 Å². The number of nitrogens with two attached hydrogens (primary N) is 1. The summed E-state index contributed by atoms with van der Waals surface area (Å²) in [6, 6.07) is 6.36. The first kappa shape index (κ1) is 13.3. The fourth-order valence-corrected chi connectivity index (χ4v) is 3.23. The molecule has 2 heterocycles. The number of nitrogen functional groups attached to an aromatic ring is 1. The molecule has 7 heteroatoms. The van der Waals surface area contributed by atoms with Crippen molar-refractivity contribution in [2.45, 2.75) is 11.9 Å². The smallest absolute Gasteiger partial charge is 0.283 e. The zero-order valence-electron chi connectivity index (χ0n) is 10.4. The molecule has 2 N–H and O–H groups in total. The van der Waals surface area contributed by atoms with Crippen LogP contribution >= 0.6 is 0 Å². The normalized spacial score (nSPS) is 11.2. The van der Waals surface area contributed by atoms with E-state index in [2.05, 4.69) is 9.97 Å². The Morgan fingerprint density at radius 1 is 1.21 bits per heavy atom. The largest absolute Gasteiger partial charge is 0.396 e. The fourth-order valence-electron chi connectivity index (χ4n) is 1.72. The van der Waals surface area contributed by atoms with E-state index in [0.717, 1.165) is 0 Å². The van der Waals surface area contributed by atoms with Gasteiger partial charge in [0.1, 0.15) is 0 Å². The van der Waals surface area contributed by atoms with Gasteiger partial charge >= 0.3 is 0 Å². The lowest BCUT2D eigenvalue weighted by Gasteiger charge is -2.22. The van der Waals surface area contributed by atoms with Crippen LogP contribution in [0, 0.1) is 0 Å². The maximum absolute atomic E-state index is 12.5. The van der Waals surface area contributed by atoms with Crippen LogP contribution in [0.3, 0.4) is 0 Å². The Bertz CT molecular complexity index is 658. The van der Waals surface area contributed by atoms with Crippen molar-refractivity contribution in [3.63, 3.8) is 0 Å². The minimum atomic E-state index is -3.77. The summed E-state index contributed by atoms with van der Waals surface area (Å²) in [5.41, 5.74) is 6.36. The van der Waals surface area contributed by atoms with Crippen LogP contribution < -0.4 is 10.0 Å². The van der Waals surface area contributed by atoms with Gasteiger partial charge < -0.3 is 5.73 Å². The van der Waals surface area contributed by atoms with E-state index >= 15 is 0 Å². The molecule has 0 fully saturated rings. The van der Waals surface area contributed by atoms with Gasteiger partial charge in [-0.25, -0.2) is 4.98 Å². The third-order valence-corrected chi connectivity index (χ3v) is 4.45. The van der Waals surface area contributed by atoms with E-state index in [1.54, 1.807) is 25.1 Å². The molecule has 0 saturated carbocycles. The summed E-state index contributed by atoms with van der Waals surface area (Å²) in [6.07, 6.45) is 4.48. The highest BCUT2D eigenvalue weighted by Crippen LogP contribution is 2.24. The van der Waals surface area contributed by atoms with Crippen molar-refractivity contribution in [2.24, 2.45) is 0 Å². The Balaban J connectivity index is 2.52. The Morgan fingerprint density at radius 2 is 1.89 bits per heavy atom. The van der Waals surface area contributed by atoms with Gasteiger partial charge in [0.15, 0.2) is 5.03 Å². The summed E-state index contributed by atoms with van der Waals surface area (Å²) < 4.78 is 26.3. The molecule has 0 saturated heterocycles. The Kier molecular flexibility index (Phi) is 3.66. The molecule has 0 aliphatic carbocycles. The van der Waals surface area contributed by atoms with Crippen molar-refractivity contribution in [1.29, 1.82) is 0 Å². The third kappa shape index (κ3) is 2.50. The van der Waals surface area contributed by atoms with E-state index in [-0.39, 0.29) is 17.3 Å². The van der Waals surface area contributed by atoms with E-state index < -0.39 is 10.0 Å². The van der Waals surface area contributed by atoms with Gasteiger partial charge in [0.05, 0.1) is 11.4 Å². The molecule has 0 atom stereocenters. The summed E-state index contributed by atoms with van der Waals surface area (Å²) >= 11 is 0.